The van der Waals surface area contributed by atoms with Crippen molar-refractivity contribution in [2.45, 2.75) is 6.55 Å². The molecule has 0 radical (unpaired) electrons. The molecule has 0 aromatic heterocycles. The molecule has 0 aromatic carbocycles. The third-order valence-electron chi connectivity index (χ3n) is 2.06. The highest BCUT2D eigenvalue weighted by Gasteiger charge is 2.28. The molecule has 0 saturated carbocycles. The molecule has 4 nitrogen and oxygen atoms in total. The molecule has 0 aliphatic rings. The maximum Gasteiger partial charge on any atom is 0.329 e. The normalized spacial score (nSPS) is 10.7. The lowest BCUT2D eigenvalue weighted by Crippen LogP contribution is -2.42. The Bertz CT molecular complexity index is 347. The third-order valence-corrected chi connectivity index (χ3v) is 4.66. The fourth-order valence-electron chi connectivity index (χ4n) is 1.03. The molecule has 5 heteroatoms. The van der Waals surface area contributed by atoms with Crippen LogP contribution in [0.5, 0.6) is 0 Å². The fraction of sp³-hybridized carbons (Fsp3) is 0.231. The Balaban J connectivity index is 4.60. The van der Waals surface area contributed by atoms with Crippen LogP contribution in [0.25, 0.3) is 0 Å². The zero-order valence-electron chi connectivity index (χ0n) is 10.6. The summed E-state index contributed by atoms with van der Waals surface area (Å²) in [5.41, 5.74) is 1.90. The van der Waals surface area contributed by atoms with Crippen LogP contribution in [0.4, 0.5) is 0 Å². The second kappa shape index (κ2) is 8.24. The zero-order chi connectivity index (χ0) is 14.0. The lowest BCUT2D eigenvalue weighted by molar-refractivity contribution is -0.136. The van der Waals surface area contributed by atoms with Gasteiger partial charge in [0.1, 0.15) is 0 Å². The first-order valence-electron chi connectivity index (χ1n) is 5.36. The third kappa shape index (κ3) is 6.65. The summed E-state index contributed by atoms with van der Waals surface area (Å²) in [5.74, 6) is -0.980. The molecular formula is C13H18O4Si. The molecule has 0 heterocycles. The maximum absolute atomic E-state index is 11.0. The van der Waals surface area contributed by atoms with Crippen LogP contribution in [0.2, 0.25) is 6.55 Å². The van der Waals surface area contributed by atoms with Crippen LogP contribution in [0, 0.1) is 0 Å². The van der Waals surface area contributed by atoms with Gasteiger partial charge in [0.15, 0.2) is 8.07 Å². The summed E-state index contributed by atoms with van der Waals surface area (Å²) in [6.07, 6.45) is 6.01. The van der Waals surface area contributed by atoms with Crippen molar-refractivity contribution in [2.75, 3.05) is 12.5 Å². The maximum atomic E-state index is 11.0. The van der Waals surface area contributed by atoms with Gasteiger partial charge in [-0.05, 0) is 0 Å². The molecule has 0 bridgehead atoms. The van der Waals surface area contributed by atoms with Gasteiger partial charge in [-0.15, -0.1) is 0 Å². The summed E-state index contributed by atoms with van der Waals surface area (Å²) in [7, 11) is -2.16. The molecule has 0 spiro atoms. The zero-order valence-corrected chi connectivity index (χ0v) is 11.6. The van der Waals surface area contributed by atoms with E-state index in [-0.39, 0.29) is 12.5 Å². The quantitative estimate of drug-likeness (QED) is 0.291. The monoisotopic (exact) mass is 266 g/mol. The second-order valence-corrected chi connectivity index (χ2v) is 8.09. The van der Waals surface area contributed by atoms with Crippen molar-refractivity contribution in [3.05, 3.63) is 49.7 Å². The van der Waals surface area contributed by atoms with E-state index in [4.69, 9.17) is 9.47 Å². The molecule has 0 aliphatic heterocycles. The smallest absolute Gasteiger partial charge is 0.329 e. The number of ether oxygens (including phenoxy) is 2. The molecule has 0 aliphatic carbocycles. The molecule has 0 unspecified atom stereocenters. The van der Waals surface area contributed by atoms with Crippen molar-refractivity contribution in [3.63, 3.8) is 0 Å². The van der Waals surface area contributed by atoms with E-state index in [2.05, 4.69) is 19.7 Å². The van der Waals surface area contributed by atoms with Gasteiger partial charge in [0.25, 0.3) is 0 Å². The summed E-state index contributed by atoms with van der Waals surface area (Å²) in [4.78, 5) is 22.1. The largest absolute Gasteiger partial charge is 0.466 e. The SMILES string of the molecule is C=C/C=C/[Si](C)(COC(=O)C=C)COC(=O)C=C. The van der Waals surface area contributed by atoms with E-state index in [1.165, 1.54) is 0 Å². The highest BCUT2D eigenvalue weighted by Crippen LogP contribution is 2.08. The minimum Gasteiger partial charge on any atom is -0.466 e. The van der Waals surface area contributed by atoms with Crippen LogP contribution in [0.1, 0.15) is 0 Å². The Kier molecular flexibility index (Phi) is 7.38. The summed E-state index contributed by atoms with van der Waals surface area (Å²) < 4.78 is 10.0. The summed E-state index contributed by atoms with van der Waals surface area (Å²) in [6.45, 7) is 12.1. The van der Waals surface area contributed by atoms with Crippen LogP contribution in [-0.4, -0.2) is 32.5 Å². The number of hydrogen-bond acceptors (Lipinski definition) is 4. The van der Waals surface area contributed by atoms with E-state index in [0.29, 0.717) is 0 Å². The Morgan fingerprint density at radius 3 is 1.83 bits per heavy atom. The van der Waals surface area contributed by atoms with E-state index >= 15 is 0 Å². The van der Waals surface area contributed by atoms with E-state index < -0.39 is 20.0 Å². The average Bonchev–Trinajstić information content (AvgIpc) is 2.40. The first-order chi connectivity index (χ1) is 8.47. The molecular weight excluding hydrogens is 248 g/mol. The van der Waals surface area contributed by atoms with Gasteiger partial charge in [-0.2, -0.15) is 0 Å². The van der Waals surface area contributed by atoms with Gasteiger partial charge in [-0.3, -0.25) is 0 Å². The van der Waals surface area contributed by atoms with E-state index in [1.54, 1.807) is 12.2 Å². The minimum atomic E-state index is -2.16. The molecule has 0 amide bonds. The Morgan fingerprint density at radius 2 is 1.50 bits per heavy atom. The first kappa shape index (κ1) is 16.1. The number of rotatable bonds is 8. The van der Waals surface area contributed by atoms with Gasteiger partial charge >= 0.3 is 11.9 Å². The minimum absolute atomic E-state index is 0.215. The lowest BCUT2D eigenvalue weighted by atomic mass is 10.6. The van der Waals surface area contributed by atoms with Crippen molar-refractivity contribution < 1.29 is 19.1 Å². The molecule has 0 rings (SSSR count). The van der Waals surface area contributed by atoms with Crippen LogP contribution >= 0.6 is 0 Å². The van der Waals surface area contributed by atoms with E-state index in [0.717, 1.165) is 12.2 Å². The van der Waals surface area contributed by atoms with Crippen molar-refractivity contribution in [2.24, 2.45) is 0 Å². The number of carbonyl (C=O) groups is 2. The number of esters is 2. The van der Waals surface area contributed by atoms with Gasteiger partial charge in [-0.1, -0.05) is 44.1 Å². The summed E-state index contributed by atoms with van der Waals surface area (Å²) in [5, 5.41) is 0. The van der Waals surface area contributed by atoms with Gasteiger partial charge in [0, 0.05) is 12.2 Å². The topological polar surface area (TPSA) is 52.6 Å². The van der Waals surface area contributed by atoms with E-state index in [9.17, 15) is 9.59 Å². The second-order valence-electron chi connectivity index (χ2n) is 3.87. The predicted octanol–water partition coefficient (Wildman–Crippen LogP) is 1.88. The highest BCUT2D eigenvalue weighted by atomic mass is 28.3. The average molecular weight is 266 g/mol. The highest BCUT2D eigenvalue weighted by molar-refractivity contribution is 6.83. The van der Waals surface area contributed by atoms with Gasteiger partial charge in [-0.25, -0.2) is 9.59 Å². The fourth-order valence-corrected chi connectivity index (χ4v) is 2.85. The Morgan fingerprint density at radius 1 is 1.06 bits per heavy atom. The molecule has 0 saturated heterocycles. The number of hydrogen-bond donors (Lipinski definition) is 0. The molecule has 18 heavy (non-hydrogen) atoms. The standard InChI is InChI=1S/C13H18O4Si/c1-5-8-9-18(4,10-16-12(14)6-2)11-17-13(15)7-3/h5-9H,1-3,10-11H2,4H3/b9-8+. The van der Waals surface area contributed by atoms with Crippen LogP contribution < -0.4 is 0 Å². The van der Waals surface area contributed by atoms with Crippen LogP contribution in [0.3, 0.4) is 0 Å². The number of allylic oxidation sites excluding steroid dienone is 2. The molecule has 0 aromatic rings. The van der Waals surface area contributed by atoms with Gasteiger partial charge in [0.05, 0.1) is 12.5 Å². The van der Waals surface area contributed by atoms with Gasteiger partial charge in [0.2, 0.25) is 0 Å². The van der Waals surface area contributed by atoms with Crippen molar-refractivity contribution in [3.8, 4) is 0 Å². The van der Waals surface area contributed by atoms with Crippen molar-refractivity contribution >= 4 is 20.0 Å². The van der Waals surface area contributed by atoms with Crippen LogP contribution in [-0.2, 0) is 19.1 Å². The summed E-state index contributed by atoms with van der Waals surface area (Å²) >= 11 is 0. The molecule has 0 fully saturated rings. The van der Waals surface area contributed by atoms with Crippen LogP contribution in [0.15, 0.2) is 49.7 Å². The lowest BCUT2D eigenvalue weighted by Gasteiger charge is -2.22. The number of carbonyl (C=O) groups excluding carboxylic acids is 2. The van der Waals surface area contributed by atoms with Crippen molar-refractivity contribution in [1.29, 1.82) is 0 Å². The molecule has 0 atom stereocenters. The van der Waals surface area contributed by atoms with Gasteiger partial charge < -0.3 is 9.47 Å². The first-order valence-corrected chi connectivity index (χ1v) is 8.35. The summed E-state index contributed by atoms with van der Waals surface area (Å²) in [6, 6.07) is 0. The van der Waals surface area contributed by atoms with Crippen molar-refractivity contribution in [1.82, 2.24) is 0 Å². The Labute approximate surface area is 108 Å². The predicted molar refractivity (Wildman–Crippen MR) is 73.3 cm³/mol. The van der Waals surface area contributed by atoms with E-state index in [1.807, 2.05) is 12.2 Å². The molecule has 0 N–H and O–H groups in total. The molecule has 98 valence electrons. The Hall–Kier alpha value is -1.88.